The summed E-state index contributed by atoms with van der Waals surface area (Å²) in [6, 6.07) is 35.2. The number of hydrogen-bond donors (Lipinski definition) is 4. The molecular formula is C44H52N4O6. The van der Waals surface area contributed by atoms with E-state index in [-0.39, 0.29) is 31.0 Å². The van der Waals surface area contributed by atoms with Crippen LogP contribution >= 0.6 is 0 Å². The number of ketones is 1. The van der Waals surface area contributed by atoms with Gasteiger partial charge in [0.2, 0.25) is 17.7 Å². The van der Waals surface area contributed by atoms with Crippen LogP contribution in [0.5, 0.6) is 0 Å². The molecule has 0 unspecified atom stereocenters. The number of Topliss-reactive ketones (excluding diaryl/α,β-unsaturated/α-hetero) is 1. The molecule has 0 aliphatic heterocycles. The third-order valence-corrected chi connectivity index (χ3v) is 8.44. The van der Waals surface area contributed by atoms with Gasteiger partial charge in [-0.05, 0) is 70.2 Å². The summed E-state index contributed by atoms with van der Waals surface area (Å²) in [5.74, 6) is -1.96. The SMILES string of the molecule is CC(C)(C)NC(=O)CCC(=O)[C@H](Cc1ccccc1)NC(=O)[C@H](CC(=O)NC(c1ccccc1)(c1ccccc1)c1ccccc1)NC(=O)OC(C)(C)C. The highest BCUT2D eigenvalue weighted by molar-refractivity contribution is 5.96. The van der Waals surface area contributed by atoms with Gasteiger partial charge in [-0.1, -0.05) is 121 Å². The van der Waals surface area contributed by atoms with E-state index >= 15 is 0 Å². The molecule has 0 heterocycles. The Kier molecular flexibility index (Phi) is 13.9. The summed E-state index contributed by atoms with van der Waals surface area (Å²) in [7, 11) is 0. The third kappa shape index (κ3) is 12.1. The lowest BCUT2D eigenvalue weighted by molar-refractivity contribution is -0.132. The second-order valence-corrected chi connectivity index (χ2v) is 15.3. The van der Waals surface area contributed by atoms with Crippen molar-refractivity contribution in [3.8, 4) is 0 Å². The summed E-state index contributed by atoms with van der Waals surface area (Å²) in [6.45, 7) is 10.6. The molecule has 2 atom stereocenters. The molecule has 0 radical (unpaired) electrons. The predicted molar refractivity (Wildman–Crippen MR) is 209 cm³/mol. The number of rotatable bonds is 15. The molecule has 4 aromatic carbocycles. The molecule has 284 valence electrons. The molecule has 0 aromatic heterocycles. The fraction of sp³-hybridized carbons (Fsp3) is 0.341. The van der Waals surface area contributed by atoms with E-state index in [1.807, 2.05) is 142 Å². The maximum atomic E-state index is 14.4. The first-order valence-corrected chi connectivity index (χ1v) is 18.2. The normalized spacial score (nSPS) is 12.8. The number of benzene rings is 4. The van der Waals surface area contributed by atoms with Crippen LogP contribution in [0.25, 0.3) is 0 Å². The third-order valence-electron chi connectivity index (χ3n) is 8.44. The van der Waals surface area contributed by atoms with Crippen molar-refractivity contribution in [1.82, 2.24) is 21.3 Å². The average molecular weight is 733 g/mol. The topological polar surface area (TPSA) is 143 Å². The molecule has 0 bridgehead atoms. The first kappa shape index (κ1) is 41.0. The van der Waals surface area contributed by atoms with Crippen LogP contribution < -0.4 is 21.3 Å². The minimum absolute atomic E-state index is 0.0696. The van der Waals surface area contributed by atoms with Crippen LogP contribution in [0.2, 0.25) is 0 Å². The van der Waals surface area contributed by atoms with E-state index in [2.05, 4.69) is 21.3 Å². The Labute approximate surface area is 318 Å². The van der Waals surface area contributed by atoms with E-state index in [1.165, 1.54) is 0 Å². The molecule has 54 heavy (non-hydrogen) atoms. The van der Waals surface area contributed by atoms with Gasteiger partial charge in [0.15, 0.2) is 5.78 Å². The van der Waals surface area contributed by atoms with Crippen molar-refractivity contribution in [2.45, 2.75) is 96.0 Å². The van der Waals surface area contributed by atoms with Crippen LogP contribution in [-0.2, 0) is 35.9 Å². The van der Waals surface area contributed by atoms with Crippen molar-refractivity contribution in [3.63, 3.8) is 0 Å². The van der Waals surface area contributed by atoms with E-state index in [9.17, 15) is 24.0 Å². The molecule has 0 saturated carbocycles. The van der Waals surface area contributed by atoms with Crippen LogP contribution in [0.3, 0.4) is 0 Å². The summed E-state index contributed by atoms with van der Waals surface area (Å²) in [6.07, 6.45) is -1.45. The zero-order valence-electron chi connectivity index (χ0n) is 32.0. The highest BCUT2D eigenvalue weighted by Gasteiger charge is 2.39. The molecule has 0 fully saturated rings. The number of carbonyl (C=O) groups is 5. The molecule has 4 rings (SSSR count). The first-order chi connectivity index (χ1) is 25.6. The van der Waals surface area contributed by atoms with Gasteiger partial charge in [-0.25, -0.2) is 4.79 Å². The van der Waals surface area contributed by atoms with Crippen molar-refractivity contribution in [3.05, 3.63) is 144 Å². The molecule has 0 aliphatic rings. The minimum atomic E-state index is -1.44. The van der Waals surface area contributed by atoms with E-state index in [4.69, 9.17) is 4.74 Å². The van der Waals surface area contributed by atoms with Gasteiger partial charge in [-0.15, -0.1) is 0 Å². The van der Waals surface area contributed by atoms with Gasteiger partial charge in [0, 0.05) is 18.4 Å². The van der Waals surface area contributed by atoms with Gasteiger partial charge >= 0.3 is 6.09 Å². The Hall–Kier alpha value is -5.77. The Bertz CT molecular complexity index is 1760. The maximum Gasteiger partial charge on any atom is 0.408 e. The fourth-order valence-electron chi connectivity index (χ4n) is 6.14. The largest absolute Gasteiger partial charge is 0.444 e. The van der Waals surface area contributed by atoms with Crippen molar-refractivity contribution in [1.29, 1.82) is 0 Å². The Morgan fingerprint density at radius 2 is 1.02 bits per heavy atom. The van der Waals surface area contributed by atoms with Crippen molar-refractivity contribution in [2.24, 2.45) is 0 Å². The number of amides is 4. The predicted octanol–water partition coefficient (Wildman–Crippen LogP) is 6.37. The zero-order valence-corrected chi connectivity index (χ0v) is 32.0. The Balaban J connectivity index is 1.67. The fourth-order valence-corrected chi connectivity index (χ4v) is 6.14. The van der Waals surface area contributed by atoms with Crippen LogP contribution in [0.4, 0.5) is 4.79 Å². The monoisotopic (exact) mass is 732 g/mol. The van der Waals surface area contributed by atoms with Crippen LogP contribution in [0, 0.1) is 0 Å². The van der Waals surface area contributed by atoms with Crippen LogP contribution in [0.15, 0.2) is 121 Å². The summed E-state index contributed by atoms with van der Waals surface area (Å²) in [5, 5.41) is 11.5. The first-order valence-electron chi connectivity index (χ1n) is 18.2. The number of ether oxygens (including phenoxy) is 1. The summed E-state index contributed by atoms with van der Waals surface area (Å²) < 4.78 is 5.49. The number of hydrogen-bond acceptors (Lipinski definition) is 6. The molecule has 10 nitrogen and oxygen atoms in total. The quantitative estimate of drug-likeness (QED) is 0.105. The Morgan fingerprint density at radius 1 is 0.556 bits per heavy atom. The van der Waals surface area contributed by atoms with Gasteiger partial charge in [0.1, 0.15) is 17.2 Å². The molecule has 4 aromatic rings. The molecule has 4 amide bonds. The van der Waals surface area contributed by atoms with Crippen molar-refractivity contribution in [2.75, 3.05) is 0 Å². The van der Waals surface area contributed by atoms with Crippen LogP contribution in [-0.4, -0.2) is 52.8 Å². The van der Waals surface area contributed by atoms with Crippen LogP contribution in [0.1, 0.15) is 83.1 Å². The summed E-state index contributed by atoms with van der Waals surface area (Å²) in [4.78, 5) is 68.0. The smallest absolute Gasteiger partial charge is 0.408 e. The lowest BCUT2D eigenvalue weighted by Crippen LogP contribution is -2.55. The molecule has 4 N–H and O–H groups in total. The standard InChI is InChI=1S/C44H52N4O6/c1-42(2,3)47-38(50)28-27-37(49)35(29-31-19-11-7-12-20-31)45-40(52)36(46-41(53)54-43(4,5)6)30-39(51)48-44(32-21-13-8-14-22-32,33-23-15-9-16-24-33)34-25-17-10-18-26-34/h7-26,35-36H,27-30H2,1-6H3,(H,45,52)(H,46,53)(H,47,50)(H,48,51)/t35-,36-/m0/s1. The number of alkyl carbamates (subject to hydrolysis) is 1. The molecule has 0 spiro atoms. The van der Waals surface area contributed by atoms with E-state index in [0.29, 0.717) is 0 Å². The van der Waals surface area contributed by atoms with Gasteiger partial charge in [0.25, 0.3) is 0 Å². The zero-order chi connectivity index (χ0) is 39.4. The van der Waals surface area contributed by atoms with Gasteiger partial charge in [0.05, 0.1) is 12.5 Å². The average Bonchev–Trinajstić information content (AvgIpc) is 3.12. The van der Waals surface area contributed by atoms with E-state index in [1.54, 1.807) is 20.8 Å². The highest BCUT2D eigenvalue weighted by atomic mass is 16.6. The highest BCUT2D eigenvalue weighted by Crippen LogP contribution is 2.37. The van der Waals surface area contributed by atoms with E-state index in [0.717, 1.165) is 22.3 Å². The lowest BCUT2D eigenvalue weighted by Gasteiger charge is -2.37. The molecular weight excluding hydrogens is 681 g/mol. The number of carbonyl (C=O) groups excluding carboxylic acids is 5. The minimum Gasteiger partial charge on any atom is -0.444 e. The van der Waals surface area contributed by atoms with Gasteiger partial charge < -0.3 is 26.0 Å². The molecule has 0 aliphatic carbocycles. The van der Waals surface area contributed by atoms with Crippen molar-refractivity contribution < 1.29 is 28.7 Å². The lowest BCUT2D eigenvalue weighted by atomic mass is 9.77. The van der Waals surface area contributed by atoms with Gasteiger partial charge in [-0.3, -0.25) is 19.2 Å². The Morgan fingerprint density at radius 3 is 1.46 bits per heavy atom. The van der Waals surface area contributed by atoms with Crippen molar-refractivity contribution >= 4 is 29.6 Å². The second kappa shape index (κ2) is 18.3. The summed E-state index contributed by atoms with van der Waals surface area (Å²) in [5.41, 5.74) is 0.576. The summed E-state index contributed by atoms with van der Waals surface area (Å²) >= 11 is 0. The van der Waals surface area contributed by atoms with Gasteiger partial charge in [-0.2, -0.15) is 0 Å². The molecule has 0 saturated heterocycles. The number of nitrogens with one attached hydrogen (secondary N) is 4. The molecule has 10 heteroatoms. The maximum absolute atomic E-state index is 14.4. The second-order valence-electron chi connectivity index (χ2n) is 15.3. The van der Waals surface area contributed by atoms with E-state index < -0.39 is 53.1 Å².